The molecule has 0 bridgehead atoms. The zero-order valence-electron chi connectivity index (χ0n) is 8.55. The van der Waals surface area contributed by atoms with E-state index in [-0.39, 0.29) is 12.2 Å². The van der Waals surface area contributed by atoms with Gasteiger partial charge in [0.15, 0.2) is 0 Å². The number of carboxylic acid groups (broad SMARTS) is 1. The first-order chi connectivity index (χ1) is 7.09. The van der Waals surface area contributed by atoms with E-state index >= 15 is 0 Å². The molecule has 0 fully saturated rings. The Bertz CT molecular complexity index is 362. The number of aryl methyl sites for hydroxylation is 2. The van der Waals surface area contributed by atoms with E-state index in [1.165, 1.54) is 0 Å². The van der Waals surface area contributed by atoms with Crippen LogP contribution in [0.4, 0.5) is 0 Å². The van der Waals surface area contributed by atoms with Gasteiger partial charge in [0, 0.05) is 48.2 Å². The molecule has 0 radical (unpaired) electrons. The van der Waals surface area contributed by atoms with Crippen molar-refractivity contribution in [1.29, 1.82) is 0 Å². The van der Waals surface area contributed by atoms with Crippen LogP contribution < -0.4 is 0 Å². The van der Waals surface area contributed by atoms with Crippen molar-refractivity contribution in [2.45, 2.75) is 12.8 Å². The minimum atomic E-state index is -1.07. The molecule has 0 aromatic carbocycles. The van der Waals surface area contributed by atoms with Gasteiger partial charge in [-0.2, -0.15) is 0 Å². The van der Waals surface area contributed by atoms with Gasteiger partial charge in [0.05, 0.1) is 6.42 Å². The molecular weight excluding hydrogens is 216 g/mol. The fraction of sp³-hybridized carbons (Fsp3) is 0.556. The van der Waals surface area contributed by atoms with E-state index < -0.39 is 16.8 Å². The average molecular weight is 230 g/mol. The van der Waals surface area contributed by atoms with Crippen molar-refractivity contribution >= 4 is 16.8 Å². The second kappa shape index (κ2) is 5.65. The maximum Gasteiger partial charge on any atom is 0.304 e. The molecule has 0 aliphatic heterocycles. The molecule has 1 atom stereocenters. The van der Waals surface area contributed by atoms with Gasteiger partial charge in [-0.3, -0.25) is 9.00 Å². The summed E-state index contributed by atoms with van der Waals surface area (Å²) < 4.78 is 13.2. The van der Waals surface area contributed by atoms with Gasteiger partial charge in [0.1, 0.15) is 5.82 Å². The highest BCUT2D eigenvalue weighted by Crippen LogP contribution is 1.98. The number of hydrogen-bond acceptors (Lipinski definition) is 3. The van der Waals surface area contributed by atoms with Gasteiger partial charge in [0.2, 0.25) is 0 Å². The third kappa shape index (κ3) is 4.24. The molecule has 15 heavy (non-hydrogen) atoms. The summed E-state index contributed by atoms with van der Waals surface area (Å²) >= 11 is 0. The Kier molecular flexibility index (Phi) is 4.48. The van der Waals surface area contributed by atoms with Crippen molar-refractivity contribution in [2.24, 2.45) is 7.05 Å². The third-order valence-electron chi connectivity index (χ3n) is 2.02. The molecule has 1 N–H and O–H groups in total. The summed E-state index contributed by atoms with van der Waals surface area (Å²) in [6, 6.07) is 0. The van der Waals surface area contributed by atoms with Crippen LogP contribution in [0.15, 0.2) is 12.4 Å². The quantitative estimate of drug-likeness (QED) is 0.757. The second-order valence-electron chi connectivity index (χ2n) is 3.20. The van der Waals surface area contributed by atoms with Crippen molar-refractivity contribution in [3.05, 3.63) is 18.2 Å². The predicted molar refractivity (Wildman–Crippen MR) is 57.0 cm³/mol. The van der Waals surface area contributed by atoms with Crippen LogP contribution in [0.1, 0.15) is 12.2 Å². The zero-order chi connectivity index (χ0) is 11.3. The molecule has 84 valence electrons. The van der Waals surface area contributed by atoms with Crippen LogP contribution in [-0.2, 0) is 29.1 Å². The molecule has 5 nitrogen and oxygen atoms in total. The summed E-state index contributed by atoms with van der Waals surface area (Å²) in [5, 5.41) is 8.41. The highest BCUT2D eigenvalue weighted by molar-refractivity contribution is 7.84. The molecular formula is C9H14N2O3S. The Balaban J connectivity index is 2.28. The summed E-state index contributed by atoms with van der Waals surface area (Å²) in [5.41, 5.74) is 0. The van der Waals surface area contributed by atoms with Crippen LogP contribution in [0.3, 0.4) is 0 Å². The van der Waals surface area contributed by atoms with Crippen molar-refractivity contribution in [3.63, 3.8) is 0 Å². The lowest BCUT2D eigenvalue weighted by atomic mass is 10.4. The fourth-order valence-corrected chi connectivity index (χ4v) is 2.16. The largest absolute Gasteiger partial charge is 0.481 e. The Morgan fingerprint density at radius 1 is 1.60 bits per heavy atom. The van der Waals surface area contributed by atoms with Crippen LogP contribution in [0.25, 0.3) is 0 Å². The van der Waals surface area contributed by atoms with Crippen LogP contribution in [0.5, 0.6) is 0 Å². The van der Waals surface area contributed by atoms with Crippen molar-refractivity contribution in [1.82, 2.24) is 9.55 Å². The van der Waals surface area contributed by atoms with Gasteiger partial charge in [-0.25, -0.2) is 4.98 Å². The van der Waals surface area contributed by atoms with Gasteiger partial charge >= 0.3 is 5.97 Å². The molecule has 0 spiro atoms. The first kappa shape index (κ1) is 11.9. The summed E-state index contributed by atoms with van der Waals surface area (Å²) in [4.78, 5) is 14.3. The van der Waals surface area contributed by atoms with Crippen LogP contribution >= 0.6 is 0 Å². The molecule has 1 unspecified atom stereocenters. The van der Waals surface area contributed by atoms with Crippen LogP contribution in [0, 0.1) is 0 Å². The molecule has 0 aliphatic carbocycles. The van der Waals surface area contributed by atoms with E-state index in [1.54, 1.807) is 6.20 Å². The van der Waals surface area contributed by atoms with E-state index in [4.69, 9.17) is 5.11 Å². The molecule has 0 amide bonds. The number of nitrogens with zero attached hydrogens (tertiary/aromatic N) is 2. The smallest absolute Gasteiger partial charge is 0.304 e. The van der Waals surface area contributed by atoms with Gasteiger partial charge in [0.25, 0.3) is 0 Å². The first-order valence-electron chi connectivity index (χ1n) is 4.62. The van der Waals surface area contributed by atoms with Crippen LogP contribution in [0.2, 0.25) is 0 Å². The SMILES string of the molecule is Cn1ccnc1CCS(=O)CCC(=O)O. The molecule has 0 saturated heterocycles. The first-order valence-corrected chi connectivity index (χ1v) is 6.11. The highest BCUT2D eigenvalue weighted by atomic mass is 32.2. The molecule has 0 saturated carbocycles. The molecule has 1 aromatic rings. The number of aromatic nitrogens is 2. The number of hydrogen-bond donors (Lipinski definition) is 1. The van der Waals surface area contributed by atoms with Gasteiger partial charge in [-0.05, 0) is 0 Å². The minimum absolute atomic E-state index is 0.0345. The summed E-state index contributed by atoms with van der Waals surface area (Å²) in [6.07, 6.45) is 4.11. The Morgan fingerprint density at radius 2 is 2.33 bits per heavy atom. The average Bonchev–Trinajstić information content (AvgIpc) is 2.58. The molecule has 1 heterocycles. The Morgan fingerprint density at radius 3 is 2.87 bits per heavy atom. The monoisotopic (exact) mass is 230 g/mol. The zero-order valence-corrected chi connectivity index (χ0v) is 9.37. The second-order valence-corrected chi connectivity index (χ2v) is 4.89. The standard InChI is InChI=1S/C9H14N2O3S/c1-11-5-4-10-8(11)2-6-15(14)7-3-9(12)13/h4-5H,2-3,6-7H2,1H3,(H,12,13). The normalized spacial score (nSPS) is 12.6. The van der Waals surface area contributed by atoms with Gasteiger partial charge in [-0.1, -0.05) is 0 Å². The van der Waals surface area contributed by atoms with E-state index in [1.807, 2.05) is 17.8 Å². The van der Waals surface area contributed by atoms with Crippen LogP contribution in [-0.4, -0.2) is 36.3 Å². The third-order valence-corrected chi connectivity index (χ3v) is 3.34. The lowest BCUT2D eigenvalue weighted by molar-refractivity contribution is -0.136. The Labute approximate surface area is 90.6 Å². The predicted octanol–water partition coefficient (Wildman–Crippen LogP) is 0.186. The summed E-state index contributed by atoms with van der Waals surface area (Å²) in [7, 11) is 0.810. The maximum atomic E-state index is 11.4. The van der Waals surface area contributed by atoms with E-state index in [0.29, 0.717) is 12.2 Å². The van der Waals surface area contributed by atoms with Crippen molar-refractivity contribution < 1.29 is 14.1 Å². The molecule has 6 heteroatoms. The van der Waals surface area contributed by atoms with E-state index in [0.717, 1.165) is 5.82 Å². The lowest BCUT2D eigenvalue weighted by Crippen LogP contribution is -2.11. The number of carbonyl (C=O) groups is 1. The molecule has 0 aliphatic rings. The van der Waals surface area contributed by atoms with E-state index in [9.17, 15) is 9.00 Å². The van der Waals surface area contributed by atoms with Gasteiger partial charge in [-0.15, -0.1) is 0 Å². The Hall–Kier alpha value is -1.17. The number of carboxylic acids is 1. The van der Waals surface area contributed by atoms with E-state index in [2.05, 4.69) is 4.98 Å². The fourth-order valence-electron chi connectivity index (χ4n) is 1.15. The molecule has 1 aromatic heterocycles. The molecule has 1 rings (SSSR count). The summed E-state index contributed by atoms with van der Waals surface area (Å²) in [5.74, 6) is 0.664. The van der Waals surface area contributed by atoms with Crippen molar-refractivity contribution in [2.75, 3.05) is 11.5 Å². The topological polar surface area (TPSA) is 72.2 Å². The number of aliphatic carboxylic acids is 1. The van der Waals surface area contributed by atoms with Gasteiger partial charge < -0.3 is 9.67 Å². The van der Waals surface area contributed by atoms with Crippen molar-refractivity contribution in [3.8, 4) is 0 Å². The minimum Gasteiger partial charge on any atom is -0.481 e. The lowest BCUT2D eigenvalue weighted by Gasteiger charge is -2.01. The maximum absolute atomic E-state index is 11.4. The summed E-state index contributed by atoms with van der Waals surface area (Å²) in [6.45, 7) is 0. The number of imidazole rings is 1. The highest BCUT2D eigenvalue weighted by Gasteiger charge is 2.06. The number of rotatable bonds is 6.